The van der Waals surface area contributed by atoms with Crippen molar-refractivity contribution in [2.24, 2.45) is 5.73 Å². The van der Waals surface area contributed by atoms with E-state index in [1.54, 1.807) is 16.9 Å². The molecule has 0 saturated carbocycles. The first-order chi connectivity index (χ1) is 8.65. The van der Waals surface area contributed by atoms with E-state index in [9.17, 15) is 0 Å². The fourth-order valence-corrected chi connectivity index (χ4v) is 1.63. The van der Waals surface area contributed by atoms with Crippen LogP contribution in [0, 0.1) is 0 Å². The average molecular weight is 262 g/mol. The molecular weight excluding hydrogens is 248 g/mol. The third-order valence-corrected chi connectivity index (χ3v) is 2.64. The molecular formula is C11H14N6S. The van der Waals surface area contributed by atoms with Gasteiger partial charge in [0, 0.05) is 19.0 Å². The Bertz CT molecular complexity index is 577. The molecule has 2 aromatic rings. The molecule has 0 aliphatic carbocycles. The second-order valence-corrected chi connectivity index (χ2v) is 4.11. The fraction of sp³-hybridized carbons (Fsp3) is 0.364. The third kappa shape index (κ3) is 2.35. The zero-order valence-corrected chi connectivity index (χ0v) is 11.1. The van der Waals surface area contributed by atoms with E-state index in [4.69, 9.17) is 18.0 Å². The molecule has 0 aliphatic rings. The topological polar surface area (TPSA) is 82.5 Å². The highest BCUT2D eigenvalue weighted by Gasteiger charge is 2.12. The van der Waals surface area contributed by atoms with Crippen LogP contribution in [-0.4, -0.2) is 29.7 Å². The Labute approximate surface area is 110 Å². The number of nitrogens with zero attached hydrogens (tertiary/aromatic N) is 5. The second-order valence-electron chi connectivity index (χ2n) is 3.67. The van der Waals surface area contributed by atoms with Gasteiger partial charge in [0.05, 0.1) is 0 Å². The van der Waals surface area contributed by atoms with Crippen molar-refractivity contribution < 1.29 is 0 Å². The zero-order valence-electron chi connectivity index (χ0n) is 10.3. The molecule has 0 bridgehead atoms. The Morgan fingerprint density at radius 3 is 2.72 bits per heavy atom. The summed E-state index contributed by atoms with van der Waals surface area (Å²) in [6, 6.07) is 1.68. The summed E-state index contributed by atoms with van der Waals surface area (Å²) >= 11 is 4.90. The normalized spacial score (nSPS) is 10.6. The van der Waals surface area contributed by atoms with Crippen molar-refractivity contribution >= 4 is 17.2 Å². The molecule has 0 atom stereocenters. The van der Waals surface area contributed by atoms with Crippen LogP contribution in [0.25, 0.3) is 5.95 Å². The summed E-state index contributed by atoms with van der Waals surface area (Å²) in [5.74, 6) is 2.05. The number of thiocarbonyl (C=S) groups is 1. The Morgan fingerprint density at radius 1 is 1.33 bits per heavy atom. The van der Waals surface area contributed by atoms with Gasteiger partial charge in [-0.3, -0.25) is 0 Å². The maximum atomic E-state index is 5.56. The summed E-state index contributed by atoms with van der Waals surface area (Å²) in [5, 5.41) is 4.37. The molecule has 0 unspecified atom stereocenters. The van der Waals surface area contributed by atoms with Gasteiger partial charge in [-0.2, -0.15) is 4.68 Å². The molecule has 6 nitrogen and oxygen atoms in total. The summed E-state index contributed by atoms with van der Waals surface area (Å²) in [7, 11) is 0. The van der Waals surface area contributed by atoms with Crippen molar-refractivity contribution in [1.29, 1.82) is 0 Å². The minimum atomic E-state index is 0.243. The first-order valence-corrected chi connectivity index (χ1v) is 6.14. The molecule has 2 aromatic heterocycles. The molecule has 7 heteroatoms. The van der Waals surface area contributed by atoms with Gasteiger partial charge in [0.15, 0.2) is 5.82 Å². The van der Waals surface area contributed by atoms with Crippen LogP contribution in [-0.2, 0) is 12.8 Å². The Morgan fingerprint density at radius 2 is 2.11 bits per heavy atom. The largest absolute Gasteiger partial charge is 0.388 e. The van der Waals surface area contributed by atoms with Crippen molar-refractivity contribution in [2.45, 2.75) is 26.7 Å². The summed E-state index contributed by atoms with van der Waals surface area (Å²) in [6.45, 7) is 4.02. The van der Waals surface area contributed by atoms with Gasteiger partial charge in [-0.15, -0.1) is 5.10 Å². The second kappa shape index (κ2) is 5.18. The Balaban J connectivity index is 2.50. The van der Waals surface area contributed by atoms with Crippen LogP contribution < -0.4 is 5.73 Å². The van der Waals surface area contributed by atoms with Crippen molar-refractivity contribution in [1.82, 2.24) is 24.7 Å². The van der Waals surface area contributed by atoms with Crippen LogP contribution in [0.3, 0.4) is 0 Å². The molecule has 0 spiro atoms. The van der Waals surface area contributed by atoms with Crippen LogP contribution in [0.5, 0.6) is 0 Å². The number of hydrogen-bond donors (Lipinski definition) is 1. The molecule has 94 valence electrons. The van der Waals surface area contributed by atoms with Crippen molar-refractivity contribution in [2.75, 3.05) is 0 Å². The predicted octanol–water partition coefficient (Wildman–Crippen LogP) is 0.816. The van der Waals surface area contributed by atoms with Crippen LogP contribution in [0.4, 0.5) is 0 Å². The van der Waals surface area contributed by atoms with Crippen LogP contribution in [0.15, 0.2) is 12.3 Å². The summed E-state index contributed by atoms with van der Waals surface area (Å²) in [6.07, 6.45) is 3.15. The van der Waals surface area contributed by atoms with Gasteiger partial charge >= 0.3 is 0 Å². The number of nitrogens with two attached hydrogens (primary N) is 1. The van der Waals surface area contributed by atoms with E-state index in [1.165, 1.54) is 0 Å². The number of rotatable bonds is 4. The molecule has 0 aliphatic heterocycles. The molecule has 2 heterocycles. The quantitative estimate of drug-likeness (QED) is 0.821. The van der Waals surface area contributed by atoms with E-state index in [-0.39, 0.29) is 4.99 Å². The minimum Gasteiger partial charge on any atom is -0.388 e. The lowest BCUT2D eigenvalue weighted by Crippen LogP contribution is -2.15. The summed E-state index contributed by atoms with van der Waals surface area (Å²) in [4.78, 5) is 13.1. The lowest BCUT2D eigenvalue weighted by molar-refractivity contribution is 0.742. The maximum absolute atomic E-state index is 5.56. The molecule has 2 N–H and O–H groups in total. The standard InChI is InChI=1S/C11H14N6S/c1-3-8-15-9(4-2)17(16-8)11-13-6-5-7(14-11)10(12)18/h5-6H,3-4H2,1-2H3,(H2,12,18). The first-order valence-electron chi connectivity index (χ1n) is 5.73. The predicted molar refractivity (Wildman–Crippen MR) is 71.6 cm³/mol. The van der Waals surface area contributed by atoms with E-state index in [2.05, 4.69) is 20.1 Å². The van der Waals surface area contributed by atoms with Crippen molar-refractivity contribution in [3.63, 3.8) is 0 Å². The van der Waals surface area contributed by atoms with Crippen molar-refractivity contribution in [3.8, 4) is 5.95 Å². The summed E-state index contributed by atoms with van der Waals surface area (Å²) in [5.41, 5.74) is 6.09. The van der Waals surface area contributed by atoms with Crippen LogP contribution >= 0.6 is 12.2 Å². The van der Waals surface area contributed by atoms with E-state index in [0.29, 0.717) is 11.6 Å². The number of aryl methyl sites for hydroxylation is 2. The van der Waals surface area contributed by atoms with Gasteiger partial charge in [-0.25, -0.2) is 15.0 Å². The third-order valence-electron chi connectivity index (χ3n) is 2.44. The highest BCUT2D eigenvalue weighted by Crippen LogP contribution is 2.07. The van der Waals surface area contributed by atoms with Gasteiger partial charge in [0.2, 0.25) is 0 Å². The average Bonchev–Trinajstić information content (AvgIpc) is 2.82. The Hall–Kier alpha value is -1.89. The monoisotopic (exact) mass is 262 g/mol. The van der Waals surface area contributed by atoms with E-state index >= 15 is 0 Å². The van der Waals surface area contributed by atoms with Crippen molar-refractivity contribution in [3.05, 3.63) is 29.6 Å². The van der Waals surface area contributed by atoms with Crippen LogP contribution in [0.1, 0.15) is 31.2 Å². The first kappa shape index (κ1) is 12.6. The highest BCUT2D eigenvalue weighted by atomic mass is 32.1. The molecule has 2 rings (SSSR count). The van der Waals surface area contributed by atoms with Gasteiger partial charge in [-0.1, -0.05) is 26.1 Å². The molecule has 0 radical (unpaired) electrons. The van der Waals surface area contributed by atoms with Gasteiger partial charge in [0.1, 0.15) is 16.5 Å². The van der Waals surface area contributed by atoms with Crippen LogP contribution in [0.2, 0.25) is 0 Å². The molecule has 0 fully saturated rings. The van der Waals surface area contributed by atoms with E-state index in [0.717, 1.165) is 24.5 Å². The maximum Gasteiger partial charge on any atom is 0.252 e. The van der Waals surface area contributed by atoms with Gasteiger partial charge in [-0.05, 0) is 6.07 Å². The van der Waals surface area contributed by atoms with E-state index in [1.807, 2.05) is 13.8 Å². The molecule has 0 amide bonds. The summed E-state index contributed by atoms with van der Waals surface area (Å²) < 4.78 is 1.64. The van der Waals surface area contributed by atoms with E-state index < -0.39 is 0 Å². The molecule has 18 heavy (non-hydrogen) atoms. The Kier molecular flexibility index (Phi) is 3.61. The zero-order chi connectivity index (χ0) is 13.1. The lowest BCUT2D eigenvalue weighted by atomic mass is 10.4. The highest BCUT2D eigenvalue weighted by molar-refractivity contribution is 7.80. The minimum absolute atomic E-state index is 0.243. The molecule has 0 aromatic carbocycles. The molecule has 0 saturated heterocycles. The van der Waals surface area contributed by atoms with Gasteiger partial charge < -0.3 is 5.73 Å². The smallest absolute Gasteiger partial charge is 0.252 e. The van der Waals surface area contributed by atoms with Gasteiger partial charge in [0.25, 0.3) is 5.95 Å². The fourth-order valence-electron chi connectivity index (χ4n) is 1.52. The SMILES string of the molecule is CCc1nc(CC)n(-c2nccc(C(N)=S)n2)n1. The number of aromatic nitrogens is 5. The number of hydrogen-bond acceptors (Lipinski definition) is 5. The lowest BCUT2D eigenvalue weighted by Gasteiger charge is -2.03.